The predicted octanol–water partition coefficient (Wildman–Crippen LogP) is 2.02. The lowest BCUT2D eigenvalue weighted by Gasteiger charge is -2.19. The number of benzene rings is 1. The van der Waals surface area contributed by atoms with E-state index in [4.69, 9.17) is 16.9 Å². The van der Waals surface area contributed by atoms with Crippen LogP contribution in [0.4, 0.5) is 10.5 Å². The van der Waals surface area contributed by atoms with Gasteiger partial charge in [0.2, 0.25) is 0 Å². The first-order chi connectivity index (χ1) is 9.54. The molecule has 2 aliphatic rings. The van der Waals surface area contributed by atoms with Crippen LogP contribution in [-0.4, -0.2) is 34.7 Å². The number of aliphatic hydroxyl groups is 1. The number of nitrogens with zero attached hydrogens (tertiary/aromatic N) is 3. The highest BCUT2D eigenvalue weighted by molar-refractivity contribution is 6.33. The minimum absolute atomic E-state index is 0.188. The number of carbonyl (C=O) groups excluding carboxylic acids is 1. The Hall–Kier alpha value is -2.03. The molecule has 6 heteroatoms. The molecule has 0 spiro atoms. The summed E-state index contributed by atoms with van der Waals surface area (Å²) in [6.45, 7) is 2.18. The van der Waals surface area contributed by atoms with Gasteiger partial charge in [-0.2, -0.15) is 5.26 Å². The SMILES string of the molecule is Cc1c(N2C[C@@H]3[C@H](O)C=CN3C2=O)ccc(C#N)c1Cl. The molecule has 1 aromatic rings. The molecule has 1 saturated heterocycles. The second kappa shape index (κ2) is 4.51. The quantitative estimate of drug-likeness (QED) is 0.860. The van der Waals surface area contributed by atoms with Gasteiger partial charge in [0.25, 0.3) is 0 Å². The van der Waals surface area contributed by atoms with Crippen LogP contribution in [0.25, 0.3) is 0 Å². The van der Waals surface area contributed by atoms with Crippen molar-refractivity contribution in [2.45, 2.75) is 19.1 Å². The highest BCUT2D eigenvalue weighted by Gasteiger charge is 2.43. The van der Waals surface area contributed by atoms with E-state index in [2.05, 4.69) is 0 Å². The summed E-state index contributed by atoms with van der Waals surface area (Å²) in [5.74, 6) is 0. The van der Waals surface area contributed by atoms with Crippen LogP contribution >= 0.6 is 11.6 Å². The Morgan fingerprint density at radius 1 is 1.50 bits per heavy atom. The first kappa shape index (κ1) is 13.0. The largest absolute Gasteiger partial charge is 0.387 e. The molecule has 2 amide bonds. The molecular formula is C14H12ClN3O2. The number of rotatable bonds is 1. The van der Waals surface area contributed by atoms with Crippen LogP contribution in [-0.2, 0) is 0 Å². The topological polar surface area (TPSA) is 67.6 Å². The fourth-order valence-corrected chi connectivity index (χ4v) is 2.85. The van der Waals surface area contributed by atoms with Gasteiger partial charge in [-0.3, -0.25) is 9.80 Å². The fraction of sp³-hybridized carbons (Fsp3) is 0.286. The van der Waals surface area contributed by atoms with E-state index in [1.807, 2.05) is 6.07 Å². The van der Waals surface area contributed by atoms with Crippen molar-refractivity contribution in [2.24, 2.45) is 0 Å². The minimum Gasteiger partial charge on any atom is -0.387 e. The number of amides is 2. The van der Waals surface area contributed by atoms with Gasteiger partial charge in [0, 0.05) is 11.9 Å². The highest BCUT2D eigenvalue weighted by Crippen LogP contribution is 2.34. The number of aliphatic hydroxyl groups excluding tert-OH is 1. The standard InChI is InChI=1S/C14H12ClN3O2/c1-8-10(3-2-9(6-16)13(8)15)18-7-11-12(19)4-5-17(11)14(18)20/h2-5,11-12,19H,7H2,1H3/t11-,12-/m1/s1. The molecule has 1 aromatic carbocycles. The maximum absolute atomic E-state index is 12.3. The van der Waals surface area contributed by atoms with Crippen LogP contribution in [0.1, 0.15) is 11.1 Å². The lowest BCUT2D eigenvalue weighted by molar-refractivity contribution is 0.162. The zero-order valence-corrected chi connectivity index (χ0v) is 11.5. The van der Waals surface area contributed by atoms with Crippen molar-refractivity contribution >= 4 is 23.3 Å². The van der Waals surface area contributed by atoms with E-state index in [0.717, 1.165) is 0 Å². The summed E-state index contributed by atoms with van der Waals surface area (Å²) >= 11 is 6.14. The van der Waals surface area contributed by atoms with Crippen LogP contribution in [0.3, 0.4) is 0 Å². The van der Waals surface area contributed by atoms with Crippen molar-refractivity contribution in [2.75, 3.05) is 11.4 Å². The van der Waals surface area contributed by atoms with E-state index in [-0.39, 0.29) is 12.1 Å². The van der Waals surface area contributed by atoms with Gasteiger partial charge >= 0.3 is 6.03 Å². The normalized spacial score (nSPS) is 24.2. The summed E-state index contributed by atoms with van der Waals surface area (Å²) < 4.78 is 0. The molecule has 2 aliphatic heterocycles. The minimum atomic E-state index is -0.641. The second-order valence-corrected chi connectivity index (χ2v) is 5.26. The van der Waals surface area contributed by atoms with Gasteiger partial charge in [-0.25, -0.2) is 4.79 Å². The Morgan fingerprint density at radius 2 is 2.25 bits per heavy atom. The summed E-state index contributed by atoms with van der Waals surface area (Å²) in [4.78, 5) is 15.4. The average molecular weight is 290 g/mol. The van der Waals surface area contributed by atoms with Crippen LogP contribution in [0.2, 0.25) is 5.02 Å². The molecule has 0 aliphatic carbocycles. The summed E-state index contributed by atoms with van der Waals surface area (Å²) in [6.07, 6.45) is 2.58. The molecule has 0 unspecified atom stereocenters. The highest BCUT2D eigenvalue weighted by atomic mass is 35.5. The molecule has 0 saturated carbocycles. The van der Waals surface area contributed by atoms with Crippen molar-refractivity contribution in [3.63, 3.8) is 0 Å². The number of anilines is 1. The van der Waals surface area contributed by atoms with Crippen molar-refractivity contribution in [3.05, 3.63) is 40.6 Å². The molecule has 0 bridgehead atoms. The van der Waals surface area contributed by atoms with Crippen LogP contribution in [0.5, 0.6) is 0 Å². The van der Waals surface area contributed by atoms with Gasteiger partial charge in [-0.05, 0) is 30.7 Å². The molecule has 1 N–H and O–H groups in total. The van der Waals surface area contributed by atoms with E-state index < -0.39 is 6.10 Å². The number of hydrogen-bond donors (Lipinski definition) is 1. The Balaban J connectivity index is 2.00. The maximum atomic E-state index is 12.3. The zero-order chi connectivity index (χ0) is 14.4. The lowest BCUT2D eigenvalue weighted by atomic mass is 10.1. The molecule has 2 atom stereocenters. The smallest absolute Gasteiger partial charge is 0.328 e. The van der Waals surface area contributed by atoms with Crippen molar-refractivity contribution in [1.82, 2.24) is 4.90 Å². The predicted molar refractivity (Wildman–Crippen MR) is 74.4 cm³/mol. The molecule has 1 fully saturated rings. The first-order valence-corrected chi connectivity index (χ1v) is 6.58. The maximum Gasteiger partial charge on any atom is 0.328 e. The number of hydrogen-bond acceptors (Lipinski definition) is 3. The number of fused-ring (bicyclic) bond motifs is 1. The Bertz CT molecular complexity index is 665. The Morgan fingerprint density at radius 3 is 2.90 bits per heavy atom. The second-order valence-electron chi connectivity index (χ2n) is 4.88. The number of carbonyl (C=O) groups is 1. The number of halogens is 1. The van der Waals surface area contributed by atoms with Crippen molar-refractivity contribution in [3.8, 4) is 6.07 Å². The van der Waals surface area contributed by atoms with Gasteiger partial charge in [-0.15, -0.1) is 0 Å². The van der Waals surface area contributed by atoms with Gasteiger partial charge in [0.15, 0.2) is 0 Å². The third-order valence-corrected chi connectivity index (χ3v) is 4.27. The van der Waals surface area contributed by atoms with E-state index in [1.165, 1.54) is 4.90 Å². The van der Waals surface area contributed by atoms with E-state index >= 15 is 0 Å². The monoisotopic (exact) mass is 289 g/mol. The number of nitriles is 1. The molecule has 3 rings (SSSR count). The summed E-state index contributed by atoms with van der Waals surface area (Å²) in [5.41, 5.74) is 1.76. The zero-order valence-electron chi connectivity index (χ0n) is 10.7. The molecular weight excluding hydrogens is 278 g/mol. The molecule has 20 heavy (non-hydrogen) atoms. The van der Waals surface area contributed by atoms with E-state index in [1.54, 1.807) is 36.2 Å². The van der Waals surface area contributed by atoms with Crippen LogP contribution in [0, 0.1) is 18.3 Å². The molecule has 2 heterocycles. The summed E-state index contributed by atoms with van der Waals surface area (Å²) in [6, 6.07) is 4.90. The van der Waals surface area contributed by atoms with Gasteiger partial charge in [0.05, 0.1) is 29.3 Å². The third kappa shape index (κ3) is 1.69. The van der Waals surface area contributed by atoms with Gasteiger partial charge in [0.1, 0.15) is 6.07 Å². The Labute approximate surface area is 121 Å². The van der Waals surface area contributed by atoms with Gasteiger partial charge < -0.3 is 5.11 Å². The fourth-order valence-electron chi connectivity index (χ4n) is 2.65. The Kier molecular flexibility index (Phi) is 2.93. The first-order valence-electron chi connectivity index (χ1n) is 6.20. The molecule has 0 radical (unpaired) electrons. The third-order valence-electron chi connectivity index (χ3n) is 3.79. The lowest BCUT2D eigenvalue weighted by Crippen LogP contribution is -2.32. The van der Waals surface area contributed by atoms with Crippen LogP contribution in [0.15, 0.2) is 24.4 Å². The molecule has 5 nitrogen and oxygen atoms in total. The average Bonchev–Trinajstić information content (AvgIpc) is 2.95. The van der Waals surface area contributed by atoms with E-state index in [0.29, 0.717) is 28.4 Å². The molecule has 0 aromatic heterocycles. The number of urea groups is 1. The summed E-state index contributed by atoms with van der Waals surface area (Å²) in [7, 11) is 0. The van der Waals surface area contributed by atoms with E-state index in [9.17, 15) is 9.90 Å². The van der Waals surface area contributed by atoms with Crippen molar-refractivity contribution < 1.29 is 9.90 Å². The van der Waals surface area contributed by atoms with Gasteiger partial charge in [-0.1, -0.05) is 11.6 Å². The van der Waals surface area contributed by atoms with Crippen LogP contribution < -0.4 is 4.90 Å². The summed E-state index contributed by atoms with van der Waals surface area (Å²) in [5, 5.41) is 19.1. The molecule has 102 valence electrons. The van der Waals surface area contributed by atoms with Crippen molar-refractivity contribution in [1.29, 1.82) is 5.26 Å².